The average Bonchev–Trinajstić information content (AvgIpc) is 3.19. The first-order valence-electron chi connectivity index (χ1n) is 11.3. The largest absolute Gasteiger partial charge is 0.504 e. The fraction of sp³-hybridized carbons (Fsp3) is 0.107. The van der Waals surface area contributed by atoms with Gasteiger partial charge in [0.2, 0.25) is 0 Å². The molecule has 0 saturated heterocycles. The van der Waals surface area contributed by atoms with Crippen LogP contribution in [0, 0.1) is 0 Å². The van der Waals surface area contributed by atoms with Crippen molar-refractivity contribution >= 4 is 29.0 Å². The topological polar surface area (TPSA) is 92.9 Å². The van der Waals surface area contributed by atoms with Crippen LogP contribution in [0.4, 0.5) is 5.69 Å². The molecule has 1 aromatic heterocycles. The van der Waals surface area contributed by atoms with Crippen molar-refractivity contribution in [3.63, 3.8) is 0 Å². The van der Waals surface area contributed by atoms with Gasteiger partial charge in [-0.3, -0.25) is 14.2 Å². The number of ether oxygens (including phenoxy) is 1. The summed E-state index contributed by atoms with van der Waals surface area (Å²) in [5, 5.41) is 13.5. The van der Waals surface area contributed by atoms with Crippen LogP contribution >= 0.6 is 11.3 Å². The Kier molecular flexibility index (Phi) is 6.26. The highest BCUT2D eigenvalue weighted by molar-refractivity contribution is 7.07. The normalized spacial score (nSPS) is 15.3. The molecule has 0 aliphatic carbocycles. The van der Waals surface area contributed by atoms with Crippen molar-refractivity contribution < 1.29 is 14.6 Å². The average molecular weight is 498 g/mol. The monoisotopic (exact) mass is 497 g/mol. The molecule has 2 N–H and O–H groups in total. The second kappa shape index (κ2) is 9.67. The fourth-order valence-corrected chi connectivity index (χ4v) is 5.28. The molecule has 1 aliphatic rings. The number of carbonyl (C=O) groups excluding carboxylic acids is 1. The van der Waals surface area contributed by atoms with Gasteiger partial charge < -0.3 is 15.2 Å². The van der Waals surface area contributed by atoms with Crippen LogP contribution in [0.25, 0.3) is 6.08 Å². The smallest absolute Gasteiger partial charge is 0.271 e. The summed E-state index contributed by atoms with van der Waals surface area (Å²) in [6.45, 7) is 1.78. The number of nitrogens with one attached hydrogen (secondary N) is 1. The molecule has 0 spiro atoms. The maximum absolute atomic E-state index is 13.7. The van der Waals surface area contributed by atoms with Crippen LogP contribution in [-0.2, 0) is 4.79 Å². The zero-order valence-corrected chi connectivity index (χ0v) is 20.5. The van der Waals surface area contributed by atoms with Gasteiger partial charge in [-0.1, -0.05) is 72.0 Å². The minimum atomic E-state index is -0.660. The number of phenolic OH excluding ortho intramolecular Hbond substituents is 1. The number of aromatic nitrogens is 1. The van der Waals surface area contributed by atoms with Gasteiger partial charge in [-0.15, -0.1) is 0 Å². The molecule has 180 valence electrons. The Hall–Kier alpha value is -4.43. The maximum atomic E-state index is 13.7. The summed E-state index contributed by atoms with van der Waals surface area (Å²) < 4.78 is 7.13. The molecule has 3 aromatic carbocycles. The lowest BCUT2D eigenvalue weighted by Crippen LogP contribution is -2.40. The summed E-state index contributed by atoms with van der Waals surface area (Å²) in [5.74, 6) is -0.0602. The Morgan fingerprint density at radius 1 is 1.06 bits per heavy atom. The summed E-state index contributed by atoms with van der Waals surface area (Å²) in [4.78, 5) is 32.3. The van der Waals surface area contributed by atoms with Crippen LogP contribution in [0.2, 0.25) is 0 Å². The molecule has 7 nitrogen and oxygen atoms in total. The van der Waals surface area contributed by atoms with E-state index >= 15 is 0 Å². The number of rotatable bonds is 5. The van der Waals surface area contributed by atoms with Crippen LogP contribution < -0.4 is 24.9 Å². The summed E-state index contributed by atoms with van der Waals surface area (Å²) in [7, 11) is 1.47. The zero-order chi connectivity index (χ0) is 25.2. The Bertz CT molecular complexity index is 1650. The molecule has 36 heavy (non-hydrogen) atoms. The fourth-order valence-electron chi connectivity index (χ4n) is 4.24. The first-order chi connectivity index (χ1) is 17.5. The third kappa shape index (κ3) is 4.23. The molecule has 8 heteroatoms. The number of allylic oxidation sites excluding steroid dienone is 1. The molecule has 4 aromatic rings. The van der Waals surface area contributed by atoms with Crippen molar-refractivity contribution in [2.24, 2.45) is 4.99 Å². The van der Waals surface area contributed by atoms with E-state index < -0.39 is 6.04 Å². The number of nitrogens with zero attached hydrogens (tertiary/aromatic N) is 2. The van der Waals surface area contributed by atoms with Crippen LogP contribution in [-0.4, -0.2) is 22.7 Å². The number of anilines is 1. The van der Waals surface area contributed by atoms with Gasteiger partial charge in [-0.05, 0) is 36.8 Å². The molecule has 0 radical (unpaired) electrons. The van der Waals surface area contributed by atoms with Crippen LogP contribution in [0.15, 0.2) is 99.9 Å². The van der Waals surface area contributed by atoms with Gasteiger partial charge in [0, 0.05) is 11.3 Å². The van der Waals surface area contributed by atoms with Crippen molar-refractivity contribution in [2.45, 2.75) is 13.0 Å². The van der Waals surface area contributed by atoms with E-state index in [4.69, 9.17) is 4.74 Å². The molecule has 0 saturated carbocycles. The number of para-hydroxylation sites is 2. The quantitative estimate of drug-likeness (QED) is 0.441. The van der Waals surface area contributed by atoms with Crippen molar-refractivity contribution in [3.05, 3.63) is 121 Å². The highest BCUT2D eigenvalue weighted by Gasteiger charge is 2.32. The maximum Gasteiger partial charge on any atom is 0.271 e. The van der Waals surface area contributed by atoms with E-state index in [9.17, 15) is 14.7 Å². The SMILES string of the molecule is COc1cccc(/C=c2/sc3n(c2=O)[C@H](c2ccccc2)C(C(=O)Nc2ccccc2)=C(C)N=3)c1O. The number of hydrogen-bond donors (Lipinski definition) is 2. The van der Waals surface area contributed by atoms with Crippen molar-refractivity contribution in [1.29, 1.82) is 0 Å². The number of carbonyl (C=O) groups is 1. The van der Waals surface area contributed by atoms with Gasteiger partial charge in [0.05, 0.1) is 29.0 Å². The number of phenols is 1. The Morgan fingerprint density at radius 3 is 2.44 bits per heavy atom. The molecule has 0 bridgehead atoms. The summed E-state index contributed by atoms with van der Waals surface area (Å²) in [6.07, 6.45) is 1.62. The predicted molar refractivity (Wildman–Crippen MR) is 140 cm³/mol. The number of methoxy groups -OCH3 is 1. The Balaban J connectivity index is 1.68. The molecule has 0 fully saturated rings. The van der Waals surface area contributed by atoms with E-state index in [0.29, 0.717) is 37.6 Å². The second-order valence-electron chi connectivity index (χ2n) is 8.21. The molecule has 2 heterocycles. The summed E-state index contributed by atoms with van der Waals surface area (Å²) in [5.41, 5.74) is 2.53. The molecular weight excluding hydrogens is 474 g/mol. The van der Waals surface area contributed by atoms with Gasteiger partial charge in [-0.2, -0.15) is 0 Å². The third-order valence-electron chi connectivity index (χ3n) is 5.95. The number of aromatic hydroxyl groups is 1. The van der Waals surface area contributed by atoms with Gasteiger partial charge >= 0.3 is 0 Å². The molecular formula is C28H23N3O4S. The van der Waals surface area contributed by atoms with Crippen LogP contribution in [0.3, 0.4) is 0 Å². The molecule has 0 unspecified atom stereocenters. The van der Waals surface area contributed by atoms with Crippen molar-refractivity contribution in [3.8, 4) is 11.5 Å². The lowest BCUT2D eigenvalue weighted by Gasteiger charge is -2.25. The molecule has 5 rings (SSSR count). The standard InChI is InChI=1S/C28H23N3O4S/c1-17-23(26(33)30-20-13-7-4-8-14-20)24(18-10-5-3-6-11-18)31-27(34)22(36-28(31)29-17)16-19-12-9-15-21(35-2)25(19)32/h3-16,24,32H,1-2H3,(H,30,33)/b22-16+/t24-/m1/s1. The summed E-state index contributed by atoms with van der Waals surface area (Å²) in [6, 6.07) is 23.0. The van der Waals surface area contributed by atoms with Gasteiger partial charge in [0.15, 0.2) is 16.3 Å². The lowest BCUT2D eigenvalue weighted by atomic mass is 9.95. The number of hydrogen-bond acceptors (Lipinski definition) is 6. The number of benzene rings is 3. The minimum Gasteiger partial charge on any atom is -0.504 e. The van der Waals surface area contributed by atoms with E-state index in [1.54, 1.807) is 47.9 Å². The van der Waals surface area contributed by atoms with Crippen LogP contribution in [0.5, 0.6) is 11.5 Å². The van der Waals surface area contributed by atoms with Gasteiger partial charge in [0.1, 0.15) is 0 Å². The first-order valence-corrected chi connectivity index (χ1v) is 12.1. The minimum absolute atomic E-state index is 0.0513. The molecule has 1 amide bonds. The molecule has 1 aliphatic heterocycles. The third-order valence-corrected chi connectivity index (χ3v) is 6.93. The van der Waals surface area contributed by atoms with Crippen molar-refractivity contribution in [1.82, 2.24) is 4.57 Å². The van der Waals surface area contributed by atoms with Gasteiger partial charge in [-0.25, -0.2) is 4.99 Å². The van der Waals surface area contributed by atoms with Crippen LogP contribution in [0.1, 0.15) is 24.1 Å². The van der Waals surface area contributed by atoms with Crippen molar-refractivity contribution in [2.75, 3.05) is 12.4 Å². The number of thiazole rings is 1. The lowest BCUT2D eigenvalue weighted by molar-refractivity contribution is -0.113. The summed E-state index contributed by atoms with van der Waals surface area (Å²) >= 11 is 1.21. The first kappa shape index (κ1) is 23.3. The van der Waals surface area contributed by atoms with E-state index in [-0.39, 0.29) is 17.2 Å². The van der Waals surface area contributed by atoms with E-state index in [0.717, 1.165) is 5.56 Å². The zero-order valence-electron chi connectivity index (χ0n) is 19.6. The Morgan fingerprint density at radius 2 is 1.75 bits per heavy atom. The highest BCUT2D eigenvalue weighted by atomic mass is 32.1. The second-order valence-corrected chi connectivity index (χ2v) is 9.22. The van der Waals surface area contributed by atoms with Gasteiger partial charge in [0.25, 0.3) is 11.5 Å². The van der Waals surface area contributed by atoms with E-state index in [1.165, 1.54) is 18.4 Å². The van der Waals surface area contributed by atoms with E-state index in [2.05, 4.69) is 10.3 Å². The Labute approximate surface area is 211 Å². The van der Waals surface area contributed by atoms with E-state index in [1.807, 2.05) is 48.5 Å². The highest BCUT2D eigenvalue weighted by Crippen LogP contribution is 2.31. The predicted octanol–water partition coefficient (Wildman–Crippen LogP) is 3.59. The number of fused-ring (bicyclic) bond motifs is 1. The molecule has 1 atom stereocenters. The number of amides is 1.